The molecular weight excluding hydrogens is 224 g/mol. The van der Waals surface area contributed by atoms with Crippen LogP contribution < -0.4 is 5.43 Å². The number of phenols is 1. The molecule has 1 amide bonds. The van der Waals surface area contributed by atoms with E-state index in [1.54, 1.807) is 12.1 Å². The first-order valence-corrected chi connectivity index (χ1v) is 4.61. The number of hydrogen-bond donors (Lipinski definition) is 3. The highest BCUT2D eigenvalue weighted by molar-refractivity contribution is 5.94. The summed E-state index contributed by atoms with van der Waals surface area (Å²) in [6.45, 7) is 0. The lowest BCUT2D eigenvalue weighted by molar-refractivity contribution is -0.131. The number of hydrazone groups is 1. The van der Waals surface area contributed by atoms with Gasteiger partial charge >= 0.3 is 5.97 Å². The molecule has 0 aromatic heterocycles. The van der Waals surface area contributed by atoms with Crippen molar-refractivity contribution in [1.29, 1.82) is 0 Å². The van der Waals surface area contributed by atoms with E-state index in [0.29, 0.717) is 11.6 Å². The van der Waals surface area contributed by atoms with Crippen molar-refractivity contribution in [2.24, 2.45) is 5.10 Å². The van der Waals surface area contributed by atoms with Crippen LogP contribution in [0.3, 0.4) is 0 Å². The molecule has 3 N–H and O–H groups in total. The standard InChI is InChI=1S/C11H10N2O4/c14-9-3-1-2-8(6-9)7-12-13-10(15)4-5-11(16)17/h1-7,14H,(H,13,15)(H,16,17). The summed E-state index contributed by atoms with van der Waals surface area (Å²) in [5.41, 5.74) is 2.71. The fraction of sp³-hybridized carbons (Fsp3) is 0. The van der Waals surface area contributed by atoms with Gasteiger partial charge in [0.15, 0.2) is 0 Å². The smallest absolute Gasteiger partial charge is 0.328 e. The number of carboxylic acid groups (broad SMARTS) is 1. The molecule has 17 heavy (non-hydrogen) atoms. The Kier molecular flexibility index (Phi) is 4.44. The lowest BCUT2D eigenvalue weighted by atomic mass is 10.2. The van der Waals surface area contributed by atoms with Crippen molar-refractivity contribution in [2.75, 3.05) is 0 Å². The van der Waals surface area contributed by atoms with Crippen molar-refractivity contribution in [3.63, 3.8) is 0 Å². The van der Waals surface area contributed by atoms with Gasteiger partial charge in [0.1, 0.15) is 5.75 Å². The molecule has 1 aromatic carbocycles. The van der Waals surface area contributed by atoms with E-state index in [2.05, 4.69) is 10.5 Å². The summed E-state index contributed by atoms with van der Waals surface area (Å²) in [7, 11) is 0. The molecule has 0 bridgehead atoms. The highest BCUT2D eigenvalue weighted by atomic mass is 16.4. The molecule has 0 aliphatic rings. The van der Waals surface area contributed by atoms with Gasteiger partial charge in [0.2, 0.25) is 0 Å². The lowest BCUT2D eigenvalue weighted by Crippen LogP contribution is -2.14. The van der Waals surface area contributed by atoms with Crippen LogP contribution in [0.15, 0.2) is 41.5 Å². The van der Waals surface area contributed by atoms with E-state index in [0.717, 1.165) is 6.08 Å². The summed E-state index contributed by atoms with van der Waals surface area (Å²) >= 11 is 0. The number of carboxylic acids is 1. The van der Waals surface area contributed by atoms with Gasteiger partial charge in [-0.15, -0.1) is 0 Å². The van der Waals surface area contributed by atoms with E-state index < -0.39 is 11.9 Å². The van der Waals surface area contributed by atoms with E-state index >= 15 is 0 Å². The highest BCUT2D eigenvalue weighted by Crippen LogP contribution is 2.08. The molecule has 0 aliphatic carbocycles. The summed E-state index contributed by atoms with van der Waals surface area (Å²) in [5, 5.41) is 21.0. The molecule has 1 rings (SSSR count). The minimum atomic E-state index is -1.21. The molecule has 0 fully saturated rings. The third-order valence-electron chi connectivity index (χ3n) is 1.64. The Balaban J connectivity index is 2.51. The van der Waals surface area contributed by atoms with Crippen LogP contribution in [0.1, 0.15) is 5.56 Å². The number of aromatic hydroxyl groups is 1. The third-order valence-corrected chi connectivity index (χ3v) is 1.64. The summed E-state index contributed by atoms with van der Waals surface area (Å²) < 4.78 is 0. The van der Waals surface area contributed by atoms with E-state index in [-0.39, 0.29) is 5.75 Å². The minimum Gasteiger partial charge on any atom is -0.508 e. The Hall–Kier alpha value is -2.63. The van der Waals surface area contributed by atoms with Gasteiger partial charge in [-0.25, -0.2) is 10.2 Å². The molecule has 0 atom stereocenters. The van der Waals surface area contributed by atoms with Crippen LogP contribution in [-0.4, -0.2) is 28.3 Å². The van der Waals surface area contributed by atoms with Crippen LogP contribution in [0.25, 0.3) is 0 Å². The number of rotatable bonds is 4. The number of carbonyl (C=O) groups excluding carboxylic acids is 1. The number of nitrogens with zero attached hydrogens (tertiary/aromatic N) is 1. The van der Waals surface area contributed by atoms with Gasteiger partial charge in [-0.3, -0.25) is 4.79 Å². The summed E-state index contributed by atoms with van der Waals surface area (Å²) in [6.07, 6.45) is 2.88. The van der Waals surface area contributed by atoms with Crippen LogP contribution in [0, 0.1) is 0 Å². The number of nitrogens with one attached hydrogen (secondary N) is 1. The molecule has 0 saturated carbocycles. The van der Waals surface area contributed by atoms with E-state index in [9.17, 15) is 9.59 Å². The maximum absolute atomic E-state index is 11.0. The fourth-order valence-corrected chi connectivity index (χ4v) is 0.960. The number of amides is 1. The molecule has 1 aromatic rings. The number of benzene rings is 1. The van der Waals surface area contributed by atoms with Crippen molar-refractivity contribution < 1.29 is 19.8 Å². The molecule has 6 nitrogen and oxygen atoms in total. The maximum Gasteiger partial charge on any atom is 0.328 e. The predicted molar refractivity (Wildman–Crippen MR) is 60.6 cm³/mol. The number of aliphatic carboxylic acids is 1. The molecular formula is C11H10N2O4. The average molecular weight is 234 g/mol. The number of phenolic OH excluding ortho intramolecular Hbond substituents is 1. The topological polar surface area (TPSA) is 99.0 Å². The van der Waals surface area contributed by atoms with Crippen LogP contribution in [0.4, 0.5) is 0 Å². The van der Waals surface area contributed by atoms with Gasteiger partial charge in [0.25, 0.3) is 5.91 Å². The summed E-state index contributed by atoms with van der Waals surface area (Å²) in [6, 6.07) is 6.28. The normalized spacial score (nSPS) is 10.8. The van der Waals surface area contributed by atoms with E-state index in [4.69, 9.17) is 10.2 Å². The predicted octanol–water partition coefficient (Wildman–Crippen LogP) is 0.483. The zero-order chi connectivity index (χ0) is 12.7. The lowest BCUT2D eigenvalue weighted by Gasteiger charge is -1.95. The Bertz CT molecular complexity index is 480. The highest BCUT2D eigenvalue weighted by Gasteiger charge is 1.94. The summed E-state index contributed by atoms with van der Waals surface area (Å²) in [5.74, 6) is -1.77. The van der Waals surface area contributed by atoms with Gasteiger partial charge in [-0.2, -0.15) is 5.10 Å². The molecule has 88 valence electrons. The average Bonchev–Trinajstić information content (AvgIpc) is 2.26. The van der Waals surface area contributed by atoms with Crippen molar-refractivity contribution in [1.82, 2.24) is 5.43 Å². The quantitative estimate of drug-likeness (QED) is 0.401. The zero-order valence-electron chi connectivity index (χ0n) is 8.70. The molecule has 0 unspecified atom stereocenters. The van der Waals surface area contributed by atoms with Crippen LogP contribution in [0.5, 0.6) is 5.75 Å². The molecule has 0 heterocycles. The molecule has 0 aliphatic heterocycles. The van der Waals surface area contributed by atoms with Gasteiger partial charge in [-0.05, 0) is 17.7 Å². The van der Waals surface area contributed by atoms with Crippen molar-refractivity contribution in [2.45, 2.75) is 0 Å². The first-order chi connectivity index (χ1) is 8.08. The fourth-order valence-electron chi connectivity index (χ4n) is 0.960. The summed E-state index contributed by atoms with van der Waals surface area (Å²) in [4.78, 5) is 21.1. The third kappa shape index (κ3) is 5.12. The van der Waals surface area contributed by atoms with Gasteiger partial charge in [0.05, 0.1) is 6.21 Å². The molecule has 0 spiro atoms. The maximum atomic E-state index is 11.0. The first kappa shape index (κ1) is 12.4. The zero-order valence-corrected chi connectivity index (χ0v) is 8.70. The van der Waals surface area contributed by atoms with Crippen LogP contribution in [-0.2, 0) is 9.59 Å². The number of carbonyl (C=O) groups is 2. The van der Waals surface area contributed by atoms with Crippen molar-refractivity contribution in [3.05, 3.63) is 42.0 Å². The Morgan fingerprint density at radius 3 is 2.71 bits per heavy atom. The molecule has 0 saturated heterocycles. The van der Waals surface area contributed by atoms with Crippen LogP contribution in [0.2, 0.25) is 0 Å². The second-order valence-corrected chi connectivity index (χ2v) is 3.00. The Morgan fingerprint density at radius 2 is 2.06 bits per heavy atom. The van der Waals surface area contributed by atoms with Gasteiger partial charge < -0.3 is 10.2 Å². The van der Waals surface area contributed by atoms with Crippen molar-refractivity contribution >= 4 is 18.1 Å². The monoisotopic (exact) mass is 234 g/mol. The number of hydrogen-bond acceptors (Lipinski definition) is 4. The Morgan fingerprint density at radius 1 is 1.29 bits per heavy atom. The van der Waals surface area contributed by atoms with Gasteiger partial charge in [0, 0.05) is 12.2 Å². The second-order valence-electron chi connectivity index (χ2n) is 3.00. The molecule has 6 heteroatoms. The second kappa shape index (κ2) is 6.06. The van der Waals surface area contributed by atoms with Crippen molar-refractivity contribution in [3.8, 4) is 5.75 Å². The molecule has 0 radical (unpaired) electrons. The van der Waals surface area contributed by atoms with E-state index in [1.807, 2.05) is 0 Å². The largest absolute Gasteiger partial charge is 0.508 e. The first-order valence-electron chi connectivity index (χ1n) is 4.61. The van der Waals surface area contributed by atoms with Crippen LogP contribution >= 0.6 is 0 Å². The van der Waals surface area contributed by atoms with E-state index in [1.165, 1.54) is 18.3 Å². The van der Waals surface area contributed by atoms with Gasteiger partial charge in [-0.1, -0.05) is 12.1 Å². The SMILES string of the molecule is O=C(O)C=CC(=O)NN=Cc1cccc(O)c1. The minimum absolute atomic E-state index is 0.0889. The Labute approximate surface area is 96.9 Å².